The van der Waals surface area contributed by atoms with Crippen molar-refractivity contribution >= 4 is 45.1 Å². The van der Waals surface area contributed by atoms with Crippen molar-refractivity contribution in [2.75, 3.05) is 13.2 Å². The number of thiophene rings is 1. The summed E-state index contributed by atoms with van der Waals surface area (Å²) in [5, 5.41) is 17.1. The Labute approximate surface area is 201 Å². The molecule has 9 nitrogen and oxygen atoms in total. The Morgan fingerprint density at radius 1 is 1.24 bits per heavy atom. The zero-order chi connectivity index (χ0) is 24.0. The van der Waals surface area contributed by atoms with Gasteiger partial charge in [-0.05, 0) is 68.4 Å². The highest BCUT2D eigenvalue weighted by Gasteiger charge is 2.48. The molecule has 4 aliphatic rings. The zero-order valence-electron chi connectivity index (χ0n) is 19.1. The number of piperidine rings is 2. The van der Waals surface area contributed by atoms with E-state index in [4.69, 9.17) is 0 Å². The van der Waals surface area contributed by atoms with Crippen LogP contribution in [0.3, 0.4) is 0 Å². The Kier molecular flexibility index (Phi) is 6.20. The number of hydrogen-bond acceptors (Lipinski definition) is 6. The van der Waals surface area contributed by atoms with Gasteiger partial charge in [0, 0.05) is 18.5 Å². The predicted octanol–water partition coefficient (Wildman–Crippen LogP) is 1.49. The number of aliphatic hydroxyl groups excluding tert-OH is 1. The first-order valence-corrected chi connectivity index (χ1v) is 12.9. The van der Waals surface area contributed by atoms with E-state index in [0.29, 0.717) is 18.7 Å². The van der Waals surface area contributed by atoms with E-state index in [1.807, 2.05) is 18.4 Å². The van der Waals surface area contributed by atoms with E-state index >= 15 is 0 Å². The fourth-order valence-electron chi connectivity index (χ4n) is 5.86. The standard InChI is InChI=1S/C24H30N4O5S/c1-12-11-34-19-9-17(26-20(12)19)24(33)28-15-4-2-13(3-5-15)21(28)23(32)27-16(18(30)10-29)8-14-6-7-25-22(14)31/h9,11,13-16,21,26,29H,2-8,10H2,1H3,(H,25,31)(H,27,32)/t13?,14-,15?,16+,21-/m0/s1. The van der Waals surface area contributed by atoms with E-state index in [1.165, 1.54) is 0 Å². The topological polar surface area (TPSA) is 132 Å². The molecule has 2 aromatic heterocycles. The lowest BCUT2D eigenvalue weighted by Gasteiger charge is -2.50. The third kappa shape index (κ3) is 4.02. The van der Waals surface area contributed by atoms with E-state index in [1.54, 1.807) is 16.2 Å². The molecule has 3 aliphatic heterocycles. The van der Waals surface area contributed by atoms with E-state index in [9.17, 15) is 24.3 Å². The molecule has 4 fully saturated rings. The molecule has 182 valence electrons. The molecule has 3 atom stereocenters. The minimum absolute atomic E-state index is 0.0198. The molecule has 34 heavy (non-hydrogen) atoms. The fraction of sp³-hybridized carbons (Fsp3) is 0.583. The summed E-state index contributed by atoms with van der Waals surface area (Å²) < 4.78 is 1.01. The van der Waals surface area contributed by atoms with Crippen LogP contribution < -0.4 is 10.6 Å². The molecule has 1 aliphatic carbocycles. The lowest BCUT2D eigenvalue weighted by atomic mass is 9.74. The molecular weight excluding hydrogens is 456 g/mol. The highest BCUT2D eigenvalue weighted by Crippen LogP contribution is 2.41. The van der Waals surface area contributed by atoms with Crippen molar-refractivity contribution in [1.82, 2.24) is 20.5 Å². The molecule has 0 aromatic carbocycles. The second-order valence-corrected chi connectivity index (χ2v) is 10.7. The highest BCUT2D eigenvalue weighted by molar-refractivity contribution is 7.17. The normalized spacial score (nSPS) is 27.1. The van der Waals surface area contributed by atoms with Crippen LogP contribution in [-0.4, -0.2) is 69.8 Å². The number of aromatic nitrogens is 1. The first-order chi connectivity index (χ1) is 16.4. The summed E-state index contributed by atoms with van der Waals surface area (Å²) >= 11 is 1.58. The van der Waals surface area contributed by atoms with Gasteiger partial charge in [0.05, 0.1) is 16.3 Å². The summed E-state index contributed by atoms with van der Waals surface area (Å²) in [5.74, 6) is -1.59. The average Bonchev–Trinajstić information content (AvgIpc) is 3.55. The van der Waals surface area contributed by atoms with E-state index in [-0.39, 0.29) is 42.0 Å². The van der Waals surface area contributed by atoms with Gasteiger partial charge in [0.2, 0.25) is 11.8 Å². The Morgan fingerprint density at radius 2 is 2.00 bits per heavy atom. The van der Waals surface area contributed by atoms with Crippen LogP contribution in [0, 0.1) is 18.8 Å². The smallest absolute Gasteiger partial charge is 0.271 e. The monoisotopic (exact) mass is 486 g/mol. The molecule has 10 heteroatoms. The van der Waals surface area contributed by atoms with Crippen LogP contribution in [-0.2, 0) is 14.4 Å². The minimum atomic E-state index is -0.956. The summed E-state index contributed by atoms with van der Waals surface area (Å²) in [7, 11) is 0. The quantitative estimate of drug-likeness (QED) is 0.471. The number of H-pyrrole nitrogens is 1. The van der Waals surface area contributed by atoms with Crippen LogP contribution >= 0.6 is 11.3 Å². The summed E-state index contributed by atoms with van der Waals surface area (Å²) in [5.41, 5.74) is 2.50. The number of aliphatic hydroxyl groups is 1. The number of nitrogens with zero attached hydrogens (tertiary/aromatic N) is 1. The number of amides is 3. The van der Waals surface area contributed by atoms with E-state index in [0.717, 1.165) is 41.5 Å². The number of ketones is 1. The second kappa shape index (κ2) is 9.14. The largest absolute Gasteiger partial charge is 0.389 e. The maximum Gasteiger partial charge on any atom is 0.271 e. The van der Waals surface area contributed by atoms with Gasteiger partial charge in [0.1, 0.15) is 18.3 Å². The van der Waals surface area contributed by atoms with Crippen LogP contribution in [0.1, 0.15) is 54.6 Å². The SMILES string of the molecule is Cc1csc2cc(C(=O)N3C4CCC(CC4)[C@H]3C(=O)N[C@H](C[C@@H]3CCNC3=O)C(=O)CO)[nH]c12. The number of carbonyl (C=O) groups excluding carboxylic acids is 4. The Balaban J connectivity index is 1.38. The summed E-state index contributed by atoms with van der Waals surface area (Å²) in [6, 6.07) is 0.197. The van der Waals surface area contributed by atoms with Crippen molar-refractivity contribution in [3.63, 3.8) is 0 Å². The van der Waals surface area contributed by atoms with Gasteiger partial charge in [-0.3, -0.25) is 19.2 Å². The molecule has 3 saturated heterocycles. The second-order valence-electron chi connectivity index (χ2n) is 9.76. The number of aryl methyl sites for hydroxylation is 1. The lowest BCUT2D eigenvalue weighted by molar-refractivity contribution is -0.137. The minimum Gasteiger partial charge on any atom is -0.389 e. The number of nitrogens with one attached hydrogen (secondary N) is 3. The first kappa shape index (κ1) is 23.0. The van der Waals surface area contributed by atoms with Crippen LogP contribution in [0.4, 0.5) is 0 Å². The summed E-state index contributed by atoms with van der Waals surface area (Å²) in [6.07, 6.45) is 4.17. The molecule has 2 bridgehead atoms. The molecule has 5 heterocycles. The summed E-state index contributed by atoms with van der Waals surface area (Å²) in [4.78, 5) is 56.6. The number of carbonyl (C=O) groups is 4. The zero-order valence-corrected chi connectivity index (χ0v) is 20.0. The third-order valence-corrected chi connectivity index (χ3v) is 8.74. The molecular formula is C24H30N4O5S. The van der Waals surface area contributed by atoms with Crippen molar-refractivity contribution in [1.29, 1.82) is 0 Å². The predicted molar refractivity (Wildman–Crippen MR) is 126 cm³/mol. The molecule has 1 saturated carbocycles. The van der Waals surface area contributed by atoms with Gasteiger partial charge in [-0.2, -0.15) is 0 Å². The van der Waals surface area contributed by atoms with Crippen molar-refractivity contribution in [2.24, 2.45) is 11.8 Å². The van der Waals surface area contributed by atoms with Gasteiger partial charge in [0.25, 0.3) is 5.91 Å². The van der Waals surface area contributed by atoms with Gasteiger partial charge >= 0.3 is 0 Å². The van der Waals surface area contributed by atoms with Crippen molar-refractivity contribution in [2.45, 2.75) is 63.6 Å². The van der Waals surface area contributed by atoms with Crippen molar-refractivity contribution in [3.8, 4) is 0 Å². The Bertz CT molecular complexity index is 1130. The summed E-state index contributed by atoms with van der Waals surface area (Å²) in [6.45, 7) is 1.82. The molecule has 4 N–H and O–H groups in total. The van der Waals surface area contributed by atoms with Crippen LogP contribution in [0.5, 0.6) is 0 Å². The van der Waals surface area contributed by atoms with E-state index < -0.39 is 24.5 Å². The number of aromatic amines is 1. The first-order valence-electron chi connectivity index (χ1n) is 12.0. The molecule has 0 unspecified atom stereocenters. The molecule has 6 rings (SSSR count). The average molecular weight is 487 g/mol. The van der Waals surface area contributed by atoms with Gasteiger partial charge < -0.3 is 25.6 Å². The maximum absolute atomic E-state index is 13.6. The maximum atomic E-state index is 13.6. The number of Topliss-reactive ketones (excluding diaryl/α,β-unsaturated/α-hetero) is 1. The van der Waals surface area contributed by atoms with Gasteiger partial charge in [-0.25, -0.2) is 0 Å². The number of fused-ring (bicyclic) bond motifs is 4. The van der Waals surface area contributed by atoms with Gasteiger partial charge in [-0.1, -0.05) is 0 Å². The number of rotatable bonds is 7. The van der Waals surface area contributed by atoms with Crippen LogP contribution in [0.25, 0.3) is 10.2 Å². The lowest BCUT2D eigenvalue weighted by Crippen LogP contribution is -2.64. The van der Waals surface area contributed by atoms with Gasteiger partial charge in [-0.15, -0.1) is 11.3 Å². The molecule has 0 spiro atoms. The molecule has 3 amide bonds. The Morgan fingerprint density at radius 3 is 2.65 bits per heavy atom. The van der Waals surface area contributed by atoms with Crippen molar-refractivity contribution < 1.29 is 24.3 Å². The van der Waals surface area contributed by atoms with Crippen LogP contribution in [0.2, 0.25) is 0 Å². The third-order valence-electron chi connectivity index (χ3n) is 7.70. The molecule has 0 radical (unpaired) electrons. The molecule has 2 aromatic rings. The highest BCUT2D eigenvalue weighted by atomic mass is 32.1. The van der Waals surface area contributed by atoms with Crippen molar-refractivity contribution in [3.05, 3.63) is 22.7 Å². The number of hydrogen-bond donors (Lipinski definition) is 4. The Hall–Kier alpha value is -2.72. The van der Waals surface area contributed by atoms with Gasteiger partial charge in [0.15, 0.2) is 5.78 Å². The fourth-order valence-corrected chi connectivity index (χ4v) is 6.80. The van der Waals surface area contributed by atoms with E-state index in [2.05, 4.69) is 15.6 Å². The van der Waals surface area contributed by atoms with Crippen LogP contribution in [0.15, 0.2) is 11.4 Å².